The molecule has 1 N–H and O–H groups in total. The number of aryl methyl sites for hydroxylation is 2. The number of rotatable bonds is 5. The molecule has 2 aromatic rings. The predicted molar refractivity (Wildman–Crippen MR) is 120 cm³/mol. The average molecular weight is 464 g/mol. The number of carbonyl (C=O) groups is 2. The summed E-state index contributed by atoms with van der Waals surface area (Å²) in [6.45, 7) is 6.27. The Labute approximate surface area is 188 Å². The van der Waals surface area contributed by atoms with E-state index in [1.54, 1.807) is 55.1 Å². The van der Waals surface area contributed by atoms with Gasteiger partial charge in [-0.1, -0.05) is 29.3 Å². The number of carbonyl (C=O) groups excluding carboxylic acids is 2. The van der Waals surface area contributed by atoms with E-state index in [2.05, 4.69) is 5.32 Å². The van der Waals surface area contributed by atoms with Gasteiger partial charge in [-0.2, -0.15) is 4.31 Å². The zero-order valence-corrected chi connectivity index (χ0v) is 19.3. The standard InChI is InChI=1S/C22H26ClN3O4S/c1-15-4-9-20(16(2)14-15)31(29,30)26-12-10-25(11-13-26)22(28)17(3)24-21(27)18-5-7-19(23)8-6-18/h4-9,14,17H,10-13H2,1-3H3,(H,24,27). The van der Waals surface area contributed by atoms with E-state index in [0.29, 0.717) is 21.0 Å². The average Bonchev–Trinajstić information content (AvgIpc) is 2.73. The first kappa shape index (κ1) is 23.2. The quantitative estimate of drug-likeness (QED) is 0.738. The third-order valence-corrected chi connectivity index (χ3v) is 7.63. The van der Waals surface area contributed by atoms with Crippen LogP contribution in [-0.4, -0.2) is 61.7 Å². The van der Waals surface area contributed by atoms with E-state index in [4.69, 9.17) is 11.6 Å². The van der Waals surface area contributed by atoms with Crippen LogP contribution < -0.4 is 5.32 Å². The van der Waals surface area contributed by atoms with Gasteiger partial charge in [-0.15, -0.1) is 0 Å². The normalized spacial score (nSPS) is 16.1. The van der Waals surface area contributed by atoms with Gasteiger partial charge < -0.3 is 10.2 Å². The summed E-state index contributed by atoms with van der Waals surface area (Å²) < 4.78 is 27.4. The van der Waals surface area contributed by atoms with E-state index >= 15 is 0 Å². The summed E-state index contributed by atoms with van der Waals surface area (Å²) in [5.41, 5.74) is 2.12. The van der Waals surface area contributed by atoms with Crippen LogP contribution in [0.4, 0.5) is 0 Å². The summed E-state index contributed by atoms with van der Waals surface area (Å²) in [5.74, 6) is -0.612. The molecule has 1 fully saturated rings. The molecule has 1 atom stereocenters. The van der Waals surface area contributed by atoms with E-state index in [-0.39, 0.29) is 38.0 Å². The van der Waals surface area contributed by atoms with E-state index < -0.39 is 16.1 Å². The summed E-state index contributed by atoms with van der Waals surface area (Å²) in [4.78, 5) is 27.0. The van der Waals surface area contributed by atoms with Crippen molar-refractivity contribution in [3.63, 3.8) is 0 Å². The molecule has 0 aromatic heterocycles. The first-order chi connectivity index (χ1) is 14.6. The van der Waals surface area contributed by atoms with Gasteiger partial charge in [0.1, 0.15) is 6.04 Å². The molecule has 0 aliphatic carbocycles. The Morgan fingerprint density at radius 3 is 2.19 bits per heavy atom. The highest BCUT2D eigenvalue weighted by molar-refractivity contribution is 7.89. The number of sulfonamides is 1. The van der Waals surface area contributed by atoms with Gasteiger partial charge in [0.05, 0.1) is 4.90 Å². The van der Waals surface area contributed by atoms with Crippen LogP contribution in [0.15, 0.2) is 47.4 Å². The SMILES string of the molecule is Cc1ccc(S(=O)(=O)N2CCN(C(=O)C(C)NC(=O)c3ccc(Cl)cc3)CC2)c(C)c1. The van der Waals surface area contributed by atoms with Crippen LogP contribution in [0.1, 0.15) is 28.4 Å². The molecule has 2 amide bonds. The highest BCUT2D eigenvalue weighted by atomic mass is 35.5. The molecule has 7 nitrogen and oxygen atoms in total. The number of nitrogens with zero attached hydrogens (tertiary/aromatic N) is 2. The van der Waals surface area contributed by atoms with Gasteiger partial charge >= 0.3 is 0 Å². The van der Waals surface area contributed by atoms with Crippen molar-refractivity contribution in [3.8, 4) is 0 Å². The molecular weight excluding hydrogens is 438 g/mol. The predicted octanol–water partition coefficient (Wildman–Crippen LogP) is 2.61. The van der Waals surface area contributed by atoms with Crippen LogP contribution in [0.5, 0.6) is 0 Å². The number of halogens is 1. The smallest absolute Gasteiger partial charge is 0.251 e. The van der Waals surface area contributed by atoms with E-state index in [0.717, 1.165) is 5.56 Å². The van der Waals surface area contributed by atoms with Gasteiger partial charge in [-0.05, 0) is 56.7 Å². The Kier molecular flexibility index (Phi) is 7.03. The van der Waals surface area contributed by atoms with Crippen LogP contribution in [0.25, 0.3) is 0 Å². The minimum absolute atomic E-state index is 0.208. The van der Waals surface area contributed by atoms with E-state index in [1.807, 2.05) is 13.0 Å². The lowest BCUT2D eigenvalue weighted by atomic mass is 10.2. The summed E-state index contributed by atoms with van der Waals surface area (Å²) in [6, 6.07) is 10.9. The lowest BCUT2D eigenvalue weighted by Crippen LogP contribution is -2.55. The highest BCUT2D eigenvalue weighted by Gasteiger charge is 2.32. The molecule has 0 bridgehead atoms. The maximum absolute atomic E-state index is 13.0. The Bertz CT molecular complexity index is 1080. The van der Waals surface area contributed by atoms with Crippen molar-refractivity contribution < 1.29 is 18.0 Å². The molecule has 1 aliphatic rings. The maximum Gasteiger partial charge on any atom is 0.251 e. The Balaban J connectivity index is 1.60. The van der Waals surface area contributed by atoms with E-state index in [1.165, 1.54) is 4.31 Å². The Morgan fingerprint density at radius 2 is 1.61 bits per heavy atom. The van der Waals surface area contributed by atoms with Gasteiger partial charge in [0.25, 0.3) is 5.91 Å². The minimum Gasteiger partial charge on any atom is -0.341 e. The molecule has 0 saturated carbocycles. The topological polar surface area (TPSA) is 86.8 Å². The lowest BCUT2D eigenvalue weighted by Gasteiger charge is -2.35. The van der Waals surface area contributed by atoms with Gasteiger partial charge in [-0.25, -0.2) is 8.42 Å². The molecule has 166 valence electrons. The van der Waals surface area contributed by atoms with Crippen LogP contribution in [0, 0.1) is 13.8 Å². The summed E-state index contributed by atoms with van der Waals surface area (Å²) in [5, 5.41) is 3.21. The lowest BCUT2D eigenvalue weighted by molar-refractivity contribution is -0.134. The zero-order valence-electron chi connectivity index (χ0n) is 17.8. The van der Waals surface area contributed by atoms with Crippen LogP contribution >= 0.6 is 11.6 Å². The third kappa shape index (κ3) is 5.26. The van der Waals surface area contributed by atoms with Gasteiger partial charge in [0, 0.05) is 36.8 Å². The molecule has 9 heteroatoms. The number of hydrogen-bond acceptors (Lipinski definition) is 4. The molecule has 1 heterocycles. The Hall–Kier alpha value is -2.42. The molecule has 0 spiro atoms. The number of hydrogen-bond donors (Lipinski definition) is 1. The van der Waals surface area contributed by atoms with Crippen molar-refractivity contribution >= 4 is 33.4 Å². The largest absolute Gasteiger partial charge is 0.341 e. The van der Waals surface area contributed by atoms with Crippen molar-refractivity contribution in [1.82, 2.24) is 14.5 Å². The second kappa shape index (κ2) is 9.38. The summed E-state index contributed by atoms with van der Waals surface area (Å²) in [6.07, 6.45) is 0. The first-order valence-corrected chi connectivity index (χ1v) is 11.8. The molecule has 0 radical (unpaired) electrons. The van der Waals surface area contributed by atoms with Gasteiger partial charge in [0.2, 0.25) is 15.9 Å². The van der Waals surface area contributed by atoms with Crippen molar-refractivity contribution in [2.24, 2.45) is 0 Å². The van der Waals surface area contributed by atoms with E-state index in [9.17, 15) is 18.0 Å². The number of piperazine rings is 1. The van der Waals surface area contributed by atoms with Crippen molar-refractivity contribution in [2.75, 3.05) is 26.2 Å². The molecular formula is C22H26ClN3O4S. The monoisotopic (exact) mass is 463 g/mol. The Morgan fingerprint density at radius 1 is 1.00 bits per heavy atom. The molecule has 1 aliphatic heterocycles. The number of benzene rings is 2. The molecule has 31 heavy (non-hydrogen) atoms. The van der Waals surface area contributed by atoms with Crippen molar-refractivity contribution in [2.45, 2.75) is 31.7 Å². The zero-order chi connectivity index (χ0) is 22.8. The fraction of sp³-hybridized carbons (Fsp3) is 0.364. The van der Waals surface area contributed by atoms with Crippen LogP contribution in [0.3, 0.4) is 0 Å². The number of nitrogens with one attached hydrogen (secondary N) is 1. The first-order valence-electron chi connectivity index (χ1n) is 10.0. The van der Waals surface area contributed by atoms with Gasteiger partial charge in [-0.3, -0.25) is 9.59 Å². The summed E-state index contributed by atoms with van der Waals surface area (Å²) >= 11 is 5.83. The second-order valence-corrected chi connectivity index (χ2v) is 10.0. The van der Waals surface area contributed by atoms with Crippen molar-refractivity contribution in [1.29, 1.82) is 0 Å². The second-order valence-electron chi connectivity index (χ2n) is 7.70. The molecule has 3 rings (SSSR count). The van der Waals surface area contributed by atoms with Crippen LogP contribution in [-0.2, 0) is 14.8 Å². The minimum atomic E-state index is -3.62. The highest BCUT2D eigenvalue weighted by Crippen LogP contribution is 2.22. The van der Waals surface area contributed by atoms with Crippen LogP contribution in [0.2, 0.25) is 5.02 Å². The van der Waals surface area contributed by atoms with Crippen molar-refractivity contribution in [3.05, 3.63) is 64.2 Å². The molecule has 1 saturated heterocycles. The fourth-order valence-electron chi connectivity index (χ4n) is 3.59. The molecule has 1 unspecified atom stereocenters. The van der Waals surface area contributed by atoms with Gasteiger partial charge in [0.15, 0.2) is 0 Å². The molecule has 2 aromatic carbocycles. The maximum atomic E-state index is 13.0. The fourth-order valence-corrected chi connectivity index (χ4v) is 5.35. The summed E-state index contributed by atoms with van der Waals surface area (Å²) in [7, 11) is -3.62. The third-order valence-electron chi connectivity index (χ3n) is 5.32. The number of amides is 2.